The van der Waals surface area contributed by atoms with Crippen LogP contribution in [0.3, 0.4) is 0 Å². The molecule has 0 aromatic heterocycles. The molecule has 0 bridgehead atoms. The van der Waals surface area contributed by atoms with E-state index in [2.05, 4.69) is 32.3 Å². The molecular formula is C17H33IN4OS. The lowest BCUT2D eigenvalue weighted by Crippen LogP contribution is -2.55. The highest BCUT2D eigenvalue weighted by atomic mass is 127. The van der Waals surface area contributed by atoms with Gasteiger partial charge in [-0.3, -0.25) is 9.79 Å². The predicted octanol–water partition coefficient (Wildman–Crippen LogP) is 2.85. The standard InChI is InChI=1S/C17H32N4OS.HI/c1-16(2,3)20-14(22)12-19-15(18-4)21-10-11-23-17(13-21)8-6-5-7-9-17;/h5-13H2,1-4H3,(H,18,19)(H,20,22);1H. The highest BCUT2D eigenvalue weighted by Gasteiger charge is 2.38. The van der Waals surface area contributed by atoms with E-state index < -0.39 is 0 Å². The van der Waals surface area contributed by atoms with E-state index in [1.54, 1.807) is 7.05 Å². The molecule has 1 amide bonds. The number of hydrogen-bond acceptors (Lipinski definition) is 3. The van der Waals surface area contributed by atoms with Crippen LogP contribution in [0.2, 0.25) is 0 Å². The molecule has 0 unspecified atom stereocenters. The molecule has 2 rings (SSSR count). The van der Waals surface area contributed by atoms with Crippen molar-refractivity contribution in [3.8, 4) is 0 Å². The van der Waals surface area contributed by atoms with Gasteiger partial charge in [0.15, 0.2) is 5.96 Å². The molecule has 2 N–H and O–H groups in total. The summed E-state index contributed by atoms with van der Waals surface area (Å²) in [7, 11) is 1.80. The van der Waals surface area contributed by atoms with Crippen LogP contribution < -0.4 is 10.6 Å². The average molecular weight is 468 g/mol. The number of rotatable bonds is 2. The quantitative estimate of drug-likeness (QED) is 0.372. The summed E-state index contributed by atoms with van der Waals surface area (Å²) in [6.45, 7) is 8.32. The third-order valence-corrected chi connectivity index (χ3v) is 5.98. The second-order valence-electron chi connectivity index (χ2n) is 7.71. The minimum absolute atomic E-state index is 0. The molecule has 1 aliphatic heterocycles. The lowest BCUT2D eigenvalue weighted by molar-refractivity contribution is -0.121. The predicted molar refractivity (Wildman–Crippen MR) is 115 cm³/mol. The highest BCUT2D eigenvalue weighted by Crippen LogP contribution is 2.42. The Morgan fingerprint density at radius 3 is 2.50 bits per heavy atom. The Bertz CT molecular complexity index is 439. The number of carbonyl (C=O) groups excluding carboxylic acids is 1. The van der Waals surface area contributed by atoms with Crippen LogP contribution in [0.25, 0.3) is 0 Å². The van der Waals surface area contributed by atoms with Gasteiger partial charge in [-0.1, -0.05) is 19.3 Å². The van der Waals surface area contributed by atoms with Gasteiger partial charge in [-0.25, -0.2) is 0 Å². The second kappa shape index (κ2) is 9.50. The van der Waals surface area contributed by atoms with Crippen LogP contribution >= 0.6 is 35.7 Å². The molecule has 1 aliphatic carbocycles. The van der Waals surface area contributed by atoms with Crippen molar-refractivity contribution in [3.05, 3.63) is 0 Å². The molecule has 140 valence electrons. The smallest absolute Gasteiger partial charge is 0.239 e. The lowest BCUT2D eigenvalue weighted by atomic mass is 9.87. The van der Waals surface area contributed by atoms with E-state index in [4.69, 9.17) is 0 Å². The minimum atomic E-state index is -0.198. The fraction of sp³-hybridized carbons (Fsp3) is 0.882. The summed E-state index contributed by atoms with van der Waals surface area (Å²) in [6.07, 6.45) is 6.70. The molecule has 2 aliphatic rings. The summed E-state index contributed by atoms with van der Waals surface area (Å²) >= 11 is 2.15. The Labute approximate surface area is 168 Å². The molecule has 0 radical (unpaired) electrons. The molecule has 7 heteroatoms. The number of hydrogen-bond donors (Lipinski definition) is 2. The van der Waals surface area contributed by atoms with Gasteiger partial charge in [0.1, 0.15) is 0 Å². The van der Waals surface area contributed by atoms with Crippen molar-refractivity contribution in [1.82, 2.24) is 15.5 Å². The van der Waals surface area contributed by atoms with Crippen LogP contribution in [0.15, 0.2) is 4.99 Å². The Hall–Kier alpha value is -0.180. The maximum Gasteiger partial charge on any atom is 0.239 e. The summed E-state index contributed by atoms with van der Waals surface area (Å²) in [5, 5.41) is 6.22. The zero-order valence-electron chi connectivity index (χ0n) is 15.5. The number of nitrogens with one attached hydrogen (secondary N) is 2. The molecule has 0 atom stereocenters. The molecule has 1 saturated heterocycles. The van der Waals surface area contributed by atoms with Gasteiger partial charge in [-0.05, 0) is 33.6 Å². The first-order valence-corrected chi connectivity index (χ1v) is 9.73. The zero-order chi connectivity index (χ0) is 16.9. The summed E-state index contributed by atoms with van der Waals surface area (Å²) in [5.41, 5.74) is -0.198. The Morgan fingerprint density at radius 1 is 1.25 bits per heavy atom. The van der Waals surface area contributed by atoms with E-state index in [1.165, 1.54) is 32.1 Å². The van der Waals surface area contributed by atoms with E-state index in [0.717, 1.165) is 24.8 Å². The van der Waals surface area contributed by atoms with Crippen molar-refractivity contribution in [1.29, 1.82) is 0 Å². The van der Waals surface area contributed by atoms with Gasteiger partial charge in [0.05, 0.1) is 6.54 Å². The third-order valence-electron chi connectivity index (χ3n) is 4.45. The average Bonchev–Trinajstić information content (AvgIpc) is 2.47. The number of carbonyl (C=O) groups is 1. The van der Waals surface area contributed by atoms with Gasteiger partial charge in [0, 0.05) is 36.2 Å². The van der Waals surface area contributed by atoms with Crippen LogP contribution in [0.4, 0.5) is 0 Å². The van der Waals surface area contributed by atoms with Crippen LogP contribution in [0.5, 0.6) is 0 Å². The fourth-order valence-electron chi connectivity index (χ4n) is 3.48. The van der Waals surface area contributed by atoms with E-state index in [9.17, 15) is 4.79 Å². The first-order chi connectivity index (χ1) is 10.8. The van der Waals surface area contributed by atoms with Crippen molar-refractivity contribution < 1.29 is 4.79 Å². The van der Waals surface area contributed by atoms with Gasteiger partial charge >= 0.3 is 0 Å². The van der Waals surface area contributed by atoms with E-state index in [-0.39, 0.29) is 42.0 Å². The molecule has 0 aromatic carbocycles. The molecule has 1 saturated carbocycles. The van der Waals surface area contributed by atoms with Crippen LogP contribution in [0, 0.1) is 0 Å². The van der Waals surface area contributed by atoms with Crippen LogP contribution in [-0.4, -0.2) is 59.5 Å². The maximum absolute atomic E-state index is 12.0. The molecule has 1 spiro atoms. The third kappa shape index (κ3) is 6.61. The van der Waals surface area contributed by atoms with Crippen LogP contribution in [-0.2, 0) is 4.79 Å². The Kier molecular flexibility index (Phi) is 8.65. The maximum atomic E-state index is 12.0. The summed E-state index contributed by atoms with van der Waals surface area (Å²) in [4.78, 5) is 18.7. The Morgan fingerprint density at radius 2 is 1.92 bits per heavy atom. The fourth-order valence-corrected chi connectivity index (χ4v) is 5.05. The minimum Gasteiger partial charge on any atom is -0.350 e. The molecule has 0 aromatic rings. The molecule has 24 heavy (non-hydrogen) atoms. The van der Waals surface area contributed by atoms with Crippen molar-refractivity contribution in [3.63, 3.8) is 0 Å². The van der Waals surface area contributed by atoms with Gasteiger partial charge in [-0.15, -0.1) is 24.0 Å². The van der Waals surface area contributed by atoms with Crippen molar-refractivity contribution in [2.24, 2.45) is 4.99 Å². The number of thioether (sulfide) groups is 1. The monoisotopic (exact) mass is 468 g/mol. The van der Waals surface area contributed by atoms with E-state index >= 15 is 0 Å². The van der Waals surface area contributed by atoms with Crippen LogP contribution in [0.1, 0.15) is 52.9 Å². The van der Waals surface area contributed by atoms with E-state index in [0.29, 0.717) is 4.75 Å². The SMILES string of the molecule is CN=C(NCC(=O)NC(C)(C)C)N1CCSC2(CCCCC2)C1.I. The number of aliphatic imine (C=N–C) groups is 1. The van der Waals surface area contributed by atoms with Gasteiger partial charge in [0.25, 0.3) is 0 Å². The first kappa shape index (κ1) is 21.9. The summed E-state index contributed by atoms with van der Waals surface area (Å²) < 4.78 is 0.405. The molecule has 1 heterocycles. The van der Waals surface area contributed by atoms with Gasteiger partial charge in [0.2, 0.25) is 5.91 Å². The van der Waals surface area contributed by atoms with Crippen molar-refractivity contribution in [2.75, 3.05) is 32.4 Å². The van der Waals surface area contributed by atoms with Gasteiger partial charge in [-0.2, -0.15) is 11.8 Å². The molecule has 2 fully saturated rings. The van der Waals surface area contributed by atoms with Crippen molar-refractivity contribution >= 4 is 47.6 Å². The Balaban J connectivity index is 0.00000288. The number of amides is 1. The zero-order valence-corrected chi connectivity index (χ0v) is 18.6. The number of halogens is 1. The summed E-state index contributed by atoms with van der Waals surface area (Å²) in [6, 6.07) is 0. The topological polar surface area (TPSA) is 56.7 Å². The van der Waals surface area contributed by atoms with E-state index in [1.807, 2.05) is 20.8 Å². The highest BCUT2D eigenvalue weighted by molar-refractivity contribution is 14.0. The number of nitrogens with zero attached hydrogens (tertiary/aromatic N) is 2. The normalized spacial score (nSPS) is 21.2. The second-order valence-corrected chi connectivity index (χ2v) is 9.28. The van der Waals surface area contributed by atoms with Crippen molar-refractivity contribution in [2.45, 2.75) is 63.2 Å². The number of guanidine groups is 1. The molecular weight excluding hydrogens is 435 g/mol. The molecule has 5 nitrogen and oxygen atoms in total. The lowest BCUT2D eigenvalue weighted by Gasteiger charge is -2.45. The summed E-state index contributed by atoms with van der Waals surface area (Å²) in [5.74, 6) is 2.02. The first-order valence-electron chi connectivity index (χ1n) is 8.74. The largest absolute Gasteiger partial charge is 0.350 e. The van der Waals surface area contributed by atoms with Gasteiger partial charge < -0.3 is 15.5 Å².